The van der Waals surface area contributed by atoms with Gasteiger partial charge >= 0.3 is 0 Å². The Morgan fingerprint density at radius 2 is 1.74 bits per heavy atom. The molecule has 106 valence electrons. The Labute approximate surface area is 163 Å². The molecule has 1 aliphatic heterocycles. The minimum Gasteiger partial charge on any atom is -0.491 e. The van der Waals surface area contributed by atoms with E-state index < -0.39 is 0 Å². The number of hydrogen-bond acceptors (Lipinski definition) is 2. The van der Waals surface area contributed by atoms with Crippen LogP contribution in [-0.2, 0) is 4.74 Å². The summed E-state index contributed by atoms with van der Waals surface area (Å²) in [5.74, 6) is 1.02. The lowest BCUT2D eigenvalue weighted by molar-refractivity contribution is 0.00323. The lowest BCUT2D eigenvalue weighted by Crippen LogP contribution is -2.36. The van der Waals surface area contributed by atoms with Crippen molar-refractivity contribution in [1.82, 2.24) is 0 Å². The minimum absolute atomic E-state index is 0.216. The van der Waals surface area contributed by atoms with Gasteiger partial charge in [-0.05, 0) is 92.7 Å². The summed E-state index contributed by atoms with van der Waals surface area (Å²) in [6.07, 6.45) is 2.13. The molecule has 0 spiro atoms. The van der Waals surface area contributed by atoms with Crippen molar-refractivity contribution in [2.45, 2.75) is 12.8 Å². The van der Waals surface area contributed by atoms with Crippen LogP contribution in [0, 0.1) is 16.1 Å². The predicted octanol–water partition coefficient (Wildman–Crippen LogP) is 5.07. The Morgan fingerprint density at radius 3 is 2.26 bits per heavy atom. The molecule has 0 saturated carbocycles. The average Bonchev–Trinajstić information content (AvgIpc) is 2.38. The standard InChI is InChI=1S/C13H14BrI3O2/c14-7-13(1-3-18-4-2-13)8-19-12-10(16)5-9(15)6-11(12)17/h5-6H,1-4,7-8H2. The molecule has 0 amide bonds. The van der Waals surface area contributed by atoms with Gasteiger partial charge in [-0.1, -0.05) is 15.9 Å². The molecule has 0 unspecified atom stereocenters. The zero-order valence-corrected chi connectivity index (χ0v) is 18.3. The van der Waals surface area contributed by atoms with Gasteiger partial charge in [-0.2, -0.15) is 0 Å². The molecular weight excluding hydrogens is 649 g/mol. The van der Waals surface area contributed by atoms with Crippen LogP contribution in [0.5, 0.6) is 5.75 Å². The summed E-state index contributed by atoms with van der Waals surface area (Å²) in [6.45, 7) is 2.44. The van der Waals surface area contributed by atoms with Gasteiger partial charge < -0.3 is 9.47 Å². The lowest BCUT2D eigenvalue weighted by atomic mass is 9.83. The lowest BCUT2D eigenvalue weighted by Gasteiger charge is -2.35. The van der Waals surface area contributed by atoms with Crippen molar-refractivity contribution in [2.75, 3.05) is 25.2 Å². The van der Waals surface area contributed by atoms with E-state index >= 15 is 0 Å². The Hall–Kier alpha value is 1.65. The quantitative estimate of drug-likeness (QED) is 0.331. The number of alkyl halides is 1. The molecule has 1 saturated heterocycles. The highest BCUT2D eigenvalue weighted by molar-refractivity contribution is 14.1. The highest BCUT2D eigenvalue weighted by atomic mass is 127. The molecule has 1 aromatic carbocycles. The van der Waals surface area contributed by atoms with Crippen LogP contribution in [0.2, 0.25) is 0 Å². The van der Waals surface area contributed by atoms with Gasteiger partial charge in [0.15, 0.2) is 0 Å². The van der Waals surface area contributed by atoms with Gasteiger partial charge in [0.25, 0.3) is 0 Å². The van der Waals surface area contributed by atoms with Gasteiger partial charge in [0.2, 0.25) is 0 Å². The van der Waals surface area contributed by atoms with Crippen molar-refractivity contribution in [3.63, 3.8) is 0 Å². The van der Waals surface area contributed by atoms with Gasteiger partial charge in [-0.15, -0.1) is 0 Å². The van der Waals surface area contributed by atoms with E-state index in [9.17, 15) is 0 Å². The normalized spacial score (nSPS) is 18.3. The Bertz CT molecular complexity index is 425. The Balaban J connectivity index is 2.09. The van der Waals surface area contributed by atoms with Crippen LogP contribution in [0.25, 0.3) is 0 Å². The second kappa shape index (κ2) is 7.77. The zero-order valence-electron chi connectivity index (χ0n) is 10.2. The highest BCUT2D eigenvalue weighted by Gasteiger charge is 2.32. The largest absolute Gasteiger partial charge is 0.491 e. The van der Waals surface area contributed by atoms with Gasteiger partial charge in [0.05, 0.1) is 13.7 Å². The van der Waals surface area contributed by atoms with Crippen molar-refractivity contribution in [3.8, 4) is 5.75 Å². The first-order chi connectivity index (χ1) is 9.06. The summed E-state index contributed by atoms with van der Waals surface area (Å²) < 4.78 is 15.2. The molecule has 0 radical (unpaired) electrons. The molecule has 1 aliphatic rings. The second-order valence-electron chi connectivity index (χ2n) is 4.73. The van der Waals surface area contributed by atoms with Crippen LogP contribution in [-0.4, -0.2) is 25.2 Å². The fourth-order valence-corrected chi connectivity index (χ4v) is 6.63. The number of rotatable bonds is 4. The molecule has 0 N–H and O–H groups in total. The minimum atomic E-state index is 0.216. The first-order valence-corrected chi connectivity index (χ1v) is 10.3. The topological polar surface area (TPSA) is 18.5 Å². The summed E-state index contributed by atoms with van der Waals surface area (Å²) in [4.78, 5) is 0. The van der Waals surface area contributed by atoms with Crippen LogP contribution in [0.1, 0.15) is 12.8 Å². The summed E-state index contributed by atoms with van der Waals surface area (Å²) in [7, 11) is 0. The Morgan fingerprint density at radius 1 is 1.16 bits per heavy atom. The molecule has 0 aliphatic carbocycles. The first-order valence-electron chi connectivity index (χ1n) is 5.97. The number of ether oxygens (including phenoxy) is 2. The molecule has 1 heterocycles. The SMILES string of the molecule is BrCC1(COc2c(I)cc(I)cc2I)CCOCC1. The molecule has 0 aromatic heterocycles. The summed E-state index contributed by atoms with van der Waals surface area (Å²) in [6, 6.07) is 4.31. The van der Waals surface area contributed by atoms with Crippen molar-refractivity contribution >= 4 is 83.7 Å². The van der Waals surface area contributed by atoms with E-state index in [4.69, 9.17) is 9.47 Å². The van der Waals surface area contributed by atoms with Crippen LogP contribution in [0.4, 0.5) is 0 Å². The monoisotopic (exact) mass is 662 g/mol. The smallest absolute Gasteiger partial charge is 0.146 e. The third-order valence-electron chi connectivity index (χ3n) is 3.32. The van der Waals surface area contributed by atoms with Crippen LogP contribution >= 0.6 is 83.7 Å². The number of hydrogen-bond donors (Lipinski definition) is 0. The van der Waals surface area contributed by atoms with Crippen LogP contribution < -0.4 is 4.74 Å². The van der Waals surface area contributed by atoms with Crippen molar-refractivity contribution in [2.24, 2.45) is 5.41 Å². The van der Waals surface area contributed by atoms with E-state index in [1.54, 1.807) is 0 Å². The fraction of sp³-hybridized carbons (Fsp3) is 0.538. The summed E-state index contributed by atoms with van der Waals surface area (Å²) in [5, 5.41) is 0.973. The molecule has 19 heavy (non-hydrogen) atoms. The molecular formula is C13H14BrI3O2. The summed E-state index contributed by atoms with van der Waals surface area (Å²) >= 11 is 10.7. The maximum atomic E-state index is 6.15. The van der Waals surface area contributed by atoms with Gasteiger partial charge in [-0.3, -0.25) is 0 Å². The van der Waals surface area contributed by atoms with Crippen molar-refractivity contribution in [1.29, 1.82) is 0 Å². The highest BCUT2D eigenvalue weighted by Crippen LogP contribution is 2.36. The van der Waals surface area contributed by atoms with E-state index in [2.05, 4.69) is 95.8 Å². The maximum absolute atomic E-state index is 6.15. The molecule has 0 bridgehead atoms. The molecule has 2 rings (SSSR count). The predicted molar refractivity (Wildman–Crippen MR) is 106 cm³/mol. The van der Waals surface area contributed by atoms with E-state index in [-0.39, 0.29) is 5.41 Å². The van der Waals surface area contributed by atoms with Crippen molar-refractivity contribution in [3.05, 3.63) is 22.8 Å². The number of halogens is 4. The van der Waals surface area contributed by atoms with E-state index in [0.717, 1.165) is 43.7 Å². The molecule has 2 nitrogen and oxygen atoms in total. The third kappa shape index (κ3) is 4.56. The maximum Gasteiger partial charge on any atom is 0.146 e. The van der Waals surface area contributed by atoms with Crippen molar-refractivity contribution < 1.29 is 9.47 Å². The average molecular weight is 663 g/mol. The van der Waals surface area contributed by atoms with E-state index in [0.29, 0.717) is 0 Å². The van der Waals surface area contributed by atoms with Gasteiger partial charge in [0.1, 0.15) is 5.75 Å². The number of benzene rings is 1. The summed E-state index contributed by atoms with van der Waals surface area (Å²) in [5.41, 5.74) is 0.216. The molecule has 0 atom stereocenters. The fourth-order valence-electron chi connectivity index (χ4n) is 2.01. The van der Waals surface area contributed by atoms with Gasteiger partial charge in [0, 0.05) is 27.5 Å². The Kier molecular flexibility index (Phi) is 6.96. The third-order valence-corrected chi connectivity index (χ3v) is 6.74. The first kappa shape index (κ1) is 17.0. The van der Waals surface area contributed by atoms with E-state index in [1.165, 1.54) is 10.7 Å². The molecule has 1 fully saturated rings. The van der Waals surface area contributed by atoms with Crippen LogP contribution in [0.3, 0.4) is 0 Å². The van der Waals surface area contributed by atoms with Gasteiger partial charge in [-0.25, -0.2) is 0 Å². The van der Waals surface area contributed by atoms with Crippen LogP contribution in [0.15, 0.2) is 12.1 Å². The second-order valence-corrected chi connectivity index (χ2v) is 8.86. The van der Waals surface area contributed by atoms with E-state index in [1.807, 2.05) is 0 Å². The molecule has 6 heteroatoms. The zero-order chi connectivity index (χ0) is 13.9. The molecule has 1 aromatic rings.